The van der Waals surface area contributed by atoms with Crippen molar-refractivity contribution in [3.8, 4) is 5.75 Å². The lowest BCUT2D eigenvalue weighted by Gasteiger charge is -2.39. The number of nitrogens with two attached hydrogens (primary N) is 1. The van der Waals surface area contributed by atoms with E-state index in [2.05, 4.69) is 0 Å². The van der Waals surface area contributed by atoms with E-state index >= 15 is 0 Å². The zero-order valence-corrected chi connectivity index (χ0v) is 12.2. The molecule has 1 heterocycles. The number of rotatable bonds is 3. The van der Waals surface area contributed by atoms with E-state index in [-0.39, 0.29) is 17.6 Å². The Bertz CT molecular complexity index is 554. The van der Waals surface area contributed by atoms with Crippen molar-refractivity contribution in [1.82, 2.24) is 0 Å². The molecule has 1 aromatic rings. The highest BCUT2D eigenvalue weighted by Crippen LogP contribution is 2.41. The Balaban J connectivity index is 2.58. The lowest BCUT2D eigenvalue weighted by atomic mass is 10.0. The van der Waals surface area contributed by atoms with Gasteiger partial charge in [0.25, 0.3) is 5.91 Å². The van der Waals surface area contributed by atoms with E-state index in [1.807, 2.05) is 13.8 Å². The van der Waals surface area contributed by atoms with Crippen molar-refractivity contribution < 1.29 is 14.3 Å². The molecule has 5 heteroatoms. The first-order valence-corrected chi connectivity index (χ1v) is 6.73. The summed E-state index contributed by atoms with van der Waals surface area (Å²) in [6, 6.07) is 4.69. The Morgan fingerprint density at radius 1 is 1.35 bits per heavy atom. The van der Waals surface area contributed by atoms with Gasteiger partial charge in [-0.3, -0.25) is 14.5 Å². The molecule has 2 atom stereocenters. The van der Waals surface area contributed by atoms with Gasteiger partial charge in [-0.15, -0.1) is 0 Å². The number of nitrogen functional groups attached to an aromatic ring is 1. The number of para-hydroxylation sites is 1. The van der Waals surface area contributed by atoms with Crippen LogP contribution in [0.5, 0.6) is 5.75 Å². The monoisotopic (exact) mass is 276 g/mol. The van der Waals surface area contributed by atoms with E-state index in [0.29, 0.717) is 17.1 Å². The number of anilines is 2. The van der Waals surface area contributed by atoms with Gasteiger partial charge in [-0.25, -0.2) is 0 Å². The van der Waals surface area contributed by atoms with Crippen LogP contribution < -0.4 is 15.4 Å². The van der Waals surface area contributed by atoms with Gasteiger partial charge in [0.2, 0.25) is 0 Å². The summed E-state index contributed by atoms with van der Waals surface area (Å²) in [5.74, 6) is 0.264. The van der Waals surface area contributed by atoms with Gasteiger partial charge >= 0.3 is 0 Å². The molecule has 0 bridgehead atoms. The number of benzene rings is 1. The van der Waals surface area contributed by atoms with Crippen LogP contribution in [0, 0.1) is 5.92 Å². The molecule has 0 saturated carbocycles. The van der Waals surface area contributed by atoms with Crippen molar-refractivity contribution in [2.45, 2.75) is 39.8 Å². The molecule has 0 aliphatic carbocycles. The van der Waals surface area contributed by atoms with Crippen LogP contribution in [0.4, 0.5) is 11.4 Å². The summed E-state index contributed by atoms with van der Waals surface area (Å²) in [6.45, 7) is 7.00. The van der Waals surface area contributed by atoms with E-state index in [0.717, 1.165) is 0 Å². The van der Waals surface area contributed by atoms with Gasteiger partial charge in [-0.1, -0.05) is 19.9 Å². The fraction of sp³-hybridized carbons (Fsp3) is 0.467. The summed E-state index contributed by atoms with van der Waals surface area (Å²) in [5, 5.41) is 0. The van der Waals surface area contributed by atoms with Crippen LogP contribution in [0.15, 0.2) is 18.2 Å². The number of carbonyl (C=O) groups excluding carboxylic acids is 2. The summed E-state index contributed by atoms with van der Waals surface area (Å²) in [6.07, 6.45) is -0.592. The van der Waals surface area contributed by atoms with E-state index < -0.39 is 12.1 Å². The predicted molar refractivity (Wildman–Crippen MR) is 77.7 cm³/mol. The second-order valence-corrected chi connectivity index (χ2v) is 5.47. The van der Waals surface area contributed by atoms with E-state index in [1.54, 1.807) is 25.1 Å². The molecule has 20 heavy (non-hydrogen) atoms. The average Bonchev–Trinajstić information content (AvgIpc) is 2.37. The van der Waals surface area contributed by atoms with E-state index in [9.17, 15) is 9.59 Å². The molecule has 0 aromatic heterocycles. The standard InChI is InChI=1S/C15H20N2O3/c1-8(2)14-15(19)17(9(3)10(4)18)13-11(16)6-5-7-12(13)20-14/h5-9,14H,16H2,1-4H3. The zero-order chi connectivity index (χ0) is 15.0. The van der Waals surface area contributed by atoms with Gasteiger partial charge in [0.05, 0.1) is 11.7 Å². The number of fused-ring (bicyclic) bond motifs is 1. The van der Waals surface area contributed by atoms with Crippen molar-refractivity contribution in [2.75, 3.05) is 10.6 Å². The minimum absolute atomic E-state index is 0.0127. The first-order valence-electron chi connectivity index (χ1n) is 6.73. The molecule has 1 aliphatic heterocycles. The summed E-state index contributed by atoms with van der Waals surface area (Å²) in [4.78, 5) is 25.8. The molecule has 5 nitrogen and oxygen atoms in total. The molecule has 108 valence electrons. The van der Waals surface area contributed by atoms with Gasteiger partial charge in [-0.2, -0.15) is 0 Å². The Morgan fingerprint density at radius 2 is 2.00 bits per heavy atom. The van der Waals surface area contributed by atoms with Crippen LogP contribution in [0.1, 0.15) is 27.7 Å². The Morgan fingerprint density at radius 3 is 2.55 bits per heavy atom. The quantitative estimate of drug-likeness (QED) is 0.857. The van der Waals surface area contributed by atoms with Crippen molar-refractivity contribution in [3.63, 3.8) is 0 Å². The summed E-state index contributed by atoms with van der Waals surface area (Å²) < 4.78 is 5.76. The number of hydrogen-bond donors (Lipinski definition) is 1. The van der Waals surface area contributed by atoms with Crippen LogP contribution in [0.2, 0.25) is 0 Å². The fourth-order valence-corrected chi connectivity index (χ4v) is 2.31. The smallest absolute Gasteiger partial charge is 0.269 e. The Kier molecular flexibility index (Phi) is 3.70. The molecule has 0 spiro atoms. The van der Waals surface area contributed by atoms with Crippen LogP contribution >= 0.6 is 0 Å². The van der Waals surface area contributed by atoms with E-state index in [4.69, 9.17) is 10.5 Å². The normalized spacial score (nSPS) is 19.6. The second kappa shape index (κ2) is 5.15. The molecule has 0 fully saturated rings. The van der Waals surface area contributed by atoms with Crippen LogP contribution in [0.25, 0.3) is 0 Å². The van der Waals surface area contributed by atoms with Crippen molar-refractivity contribution in [2.24, 2.45) is 5.92 Å². The number of amides is 1. The summed E-state index contributed by atoms with van der Waals surface area (Å²) in [7, 11) is 0. The molecule has 2 rings (SSSR count). The SMILES string of the molecule is CC(=O)C(C)N1C(=O)C(C(C)C)Oc2cccc(N)c21. The Hall–Kier alpha value is -2.04. The average molecular weight is 276 g/mol. The summed E-state index contributed by atoms with van der Waals surface area (Å²) >= 11 is 0. The molecule has 1 aliphatic rings. The number of nitrogens with zero attached hydrogens (tertiary/aromatic N) is 1. The fourth-order valence-electron chi connectivity index (χ4n) is 2.31. The van der Waals surface area contributed by atoms with E-state index in [1.165, 1.54) is 11.8 Å². The predicted octanol–water partition coefficient (Wildman–Crippen LogP) is 2.00. The van der Waals surface area contributed by atoms with Crippen molar-refractivity contribution in [3.05, 3.63) is 18.2 Å². The molecular formula is C15H20N2O3. The number of ketones is 1. The molecular weight excluding hydrogens is 256 g/mol. The van der Waals surface area contributed by atoms with Crippen LogP contribution in [0.3, 0.4) is 0 Å². The third-order valence-corrected chi connectivity index (χ3v) is 3.59. The second-order valence-electron chi connectivity index (χ2n) is 5.47. The molecule has 1 aromatic carbocycles. The molecule has 0 radical (unpaired) electrons. The van der Waals surface area contributed by atoms with Gasteiger partial charge in [0.1, 0.15) is 11.4 Å². The third-order valence-electron chi connectivity index (χ3n) is 3.59. The minimum atomic E-state index is -0.592. The first kappa shape index (κ1) is 14.4. The maximum absolute atomic E-state index is 12.6. The highest BCUT2D eigenvalue weighted by molar-refractivity contribution is 6.07. The molecule has 2 N–H and O–H groups in total. The topological polar surface area (TPSA) is 72.6 Å². The van der Waals surface area contributed by atoms with Gasteiger partial charge < -0.3 is 10.5 Å². The van der Waals surface area contributed by atoms with Crippen LogP contribution in [-0.2, 0) is 9.59 Å². The maximum atomic E-state index is 12.6. The number of carbonyl (C=O) groups is 2. The zero-order valence-electron chi connectivity index (χ0n) is 12.2. The summed E-state index contributed by atoms with van der Waals surface area (Å²) in [5.41, 5.74) is 6.90. The maximum Gasteiger partial charge on any atom is 0.269 e. The van der Waals surface area contributed by atoms with Crippen LogP contribution in [-0.4, -0.2) is 23.8 Å². The molecule has 0 saturated heterocycles. The Labute approximate surface area is 118 Å². The lowest BCUT2D eigenvalue weighted by molar-refractivity contribution is -0.131. The van der Waals surface area contributed by atoms with Gasteiger partial charge in [0.15, 0.2) is 11.9 Å². The molecule has 1 amide bonds. The first-order chi connectivity index (χ1) is 9.34. The van der Waals surface area contributed by atoms with Crippen molar-refractivity contribution >= 4 is 23.1 Å². The highest BCUT2D eigenvalue weighted by Gasteiger charge is 2.40. The molecule has 2 unspecified atom stereocenters. The number of ether oxygens (including phenoxy) is 1. The number of hydrogen-bond acceptors (Lipinski definition) is 4. The number of Topliss-reactive ketones (excluding diaryl/α,β-unsaturated/α-hetero) is 1. The minimum Gasteiger partial charge on any atom is -0.478 e. The highest BCUT2D eigenvalue weighted by atomic mass is 16.5. The lowest BCUT2D eigenvalue weighted by Crippen LogP contribution is -2.53. The largest absolute Gasteiger partial charge is 0.478 e. The third kappa shape index (κ3) is 2.24. The van der Waals surface area contributed by atoms with Crippen molar-refractivity contribution in [1.29, 1.82) is 0 Å². The van der Waals surface area contributed by atoms with Gasteiger partial charge in [-0.05, 0) is 31.9 Å². The van der Waals surface area contributed by atoms with Gasteiger partial charge in [0, 0.05) is 0 Å².